The van der Waals surface area contributed by atoms with E-state index in [1.165, 1.54) is 77.2 Å². The first kappa shape index (κ1) is 21.7. The second-order valence-corrected chi connectivity index (χ2v) is 10.8. The molecule has 0 aromatic carbocycles. The predicted octanol–water partition coefficient (Wildman–Crippen LogP) is 6.33. The summed E-state index contributed by atoms with van der Waals surface area (Å²) < 4.78 is 3.90. The normalized spacial score (nSPS) is 35.8. The molecule has 0 amide bonds. The van der Waals surface area contributed by atoms with E-state index in [9.17, 15) is 0 Å². The minimum Gasteiger partial charge on any atom is -0.319 e. The van der Waals surface area contributed by atoms with Gasteiger partial charge in [-0.05, 0) is 82.1 Å². The molecule has 2 N–H and O–H groups in total. The Morgan fingerprint density at radius 1 is 1.04 bits per heavy atom. The third-order valence-corrected chi connectivity index (χ3v) is 9.20. The Balaban J connectivity index is 1.52. The Kier molecular flexibility index (Phi) is 8.60. The van der Waals surface area contributed by atoms with Gasteiger partial charge in [-0.1, -0.05) is 63.1 Å². The van der Waals surface area contributed by atoms with Crippen LogP contribution in [0.25, 0.3) is 0 Å². The Labute approximate surface area is 173 Å². The van der Waals surface area contributed by atoms with Crippen LogP contribution in [0.4, 0.5) is 0 Å². The second-order valence-electron chi connectivity index (χ2n) is 9.74. The average Bonchev–Trinajstić information content (AvgIpc) is 2.65. The highest BCUT2D eigenvalue weighted by molar-refractivity contribution is 7.98. The van der Waals surface area contributed by atoms with Crippen LogP contribution in [-0.4, -0.2) is 24.9 Å². The molecule has 3 aliphatic carbocycles. The number of hydrogen-bond acceptors (Lipinski definition) is 3. The molecule has 27 heavy (non-hydrogen) atoms. The van der Waals surface area contributed by atoms with E-state index in [0.717, 1.165) is 35.0 Å². The summed E-state index contributed by atoms with van der Waals surface area (Å²) >= 11 is 2.10. The van der Waals surface area contributed by atoms with E-state index in [-0.39, 0.29) is 0 Å². The molecule has 0 radical (unpaired) electrons. The van der Waals surface area contributed by atoms with Gasteiger partial charge in [0.05, 0.1) is 0 Å². The molecule has 0 aromatic heterocycles. The van der Waals surface area contributed by atoms with E-state index in [2.05, 4.69) is 49.8 Å². The molecule has 2 saturated carbocycles. The highest BCUT2D eigenvalue weighted by Gasteiger charge is 2.36. The summed E-state index contributed by atoms with van der Waals surface area (Å²) in [6.45, 7) is 8.49. The first-order chi connectivity index (χ1) is 13.1. The largest absolute Gasteiger partial charge is 0.319 e. The van der Waals surface area contributed by atoms with Crippen molar-refractivity contribution in [3.63, 3.8) is 0 Å². The van der Waals surface area contributed by atoms with Crippen molar-refractivity contribution in [2.45, 2.75) is 103 Å². The zero-order chi connectivity index (χ0) is 19.2. The lowest BCUT2D eigenvalue weighted by Crippen LogP contribution is -2.39. The van der Waals surface area contributed by atoms with Gasteiger partial charge < -0.3 is 5.32 Å². The van der Waals surface area contributed by atoms with E-state index >= 15 is 0 Å². The van der Waals surface area contributed by atoms with Gasteiger partial charge in [0.2, 0.25) is 0 Å². The van der Waals surface area contributed by atoms with E-state index in [4.69, 9.17) is 0 Å². The van der Waals surface area contributed by atoms with Crippen molar-refractivity contribution in [3.8, 4) is 0 Å². The van der Waals surface area contributed by atoms with Gasteiger partial charge in [0.15, 0.2) is 0 Å². The fourth-order valence-electron chi connectivity index (χ4n) is 5.89. The van der Waals surface area contributed by atoms with Crippen molar-refractivity contribution in [1.29, 1.82) is 0 Å². The molecule has 156 valence electrons. The lowest BCUT2D eigenvalue weighted by Gasteiger charge is -2.42. The zero-order valence-electron chi connectivity index (χ0n) is 18.4. The standard InChI is InChI=1S/C24H44N2S/c1-5-8-19-11-13-21(19)22(16-25-4)20-12-14-24(18(3)15-20)27-26-23-10-7-6-9-17(23)2/h17-18,20,22-26H,5-16H2,1-4H3. The number of allylic oxidation sites excluding steroid dienone is 1. The molecule has 0 aliphatic heterocycles. The quantitative estimate of drug-likeness (QED) is 0.354. The highest BCUT2D eigenvalue weighted by Crippen LogP contribution is 2.46. The van der Waals surface area contributed by atoms with E-state index in [1.54, 1.807) is 0 Å². The van der Waals surface area contributed by atoms with E-state index < -0.39 is 0 Å². The number of rotatable bonds is 9. The van der Waals surface area contributed by atoms with Gasteiger partial charge in [0.25, 0.3) is 0 Å². The van der Waals surface area contributed by atoms with Gasteiger partial charge in [-0.3, -0.25) is 4.72 Å². The van der Waals surface area contributed by atoms with E-state index in [1.807, 2.05) is 11.1 Å². The molecule has 0 aromatic rings. The van der Waals surface area contributed by atoms with Crippen molar-refractivity contribution in [3.05, 3.63) is 11.1 Å². The summed E-state index contributed by atoms with van der Waals surface area (Å²) in [7, 11) is 2.14. The van der Waals surface area contributed by atoms with Crippen LogP contribution in [0.3, 0.4) is 0 Å². The fraction of sp³-hybridized carbons (Fsp3) is 0.917. The molecule has 3 rings (SSSR count). The molecule has 3 aliphatic rings. The van der Waals surface area contributed by atoms with Crippen LogP contribution in [0.5, 0.6) is 0 Å². The van der Waals surface area contributed by atoms with Crippen LogP contribution in [0.1, 0.15) is 91.4 Å². The summed E-state index contributed by atoms with van der Waals surface area (Å²) in [5.74, 6) is 3.42. The van der Waals surface area contributed by atoms with Crippen LogP contribution in [0, 0.1) is 23.7 Å². The third-order valence-electron chi connectivity index (χ3n) is 7.76. The lowest BCUT2D eigenvalue weighted by molar-refractivity contribution is 0.220. The summed E-state index contributed by atoms with van der Waals surface area (Å²) in [6, 6.07) is 0.752. The molecule has 0 saturated heterocycles. The second kappa shape index (κ2) is 10.7. The van der Waals surface area contributed by atoms with Crippen molar-refractivity contribution >= 4 is 11.9 Å². The molecule has 0 bridgehead atoms. The molecule has 0 heterocycles. The minimum absolute atomic E-state index is 0.752. The summed E-state index contributed by atoms with van der Waals surface area (Å²) in [4.78, 5) is 0. The van der Waals surface area contributed by atoms with Crippen molar-refractivity contribution in [1.82, 2.24) is 10.0 Å². The van der Waals surface area contributed by atoms with Gasteiger partial charge in [0.1, 0.15) is 0 Å². The maximum absolute atomic E-state index is 3.90. The molecule has 2 nitrogen and oxygen atoms in total. The SMILES string of the molecule is CCCC1=C(C(CNC)C2CCC(SNC3CCCCC3C)C(C)C2)CC1. The van der Waals surface area contributed by atoms with Crippen LogP contribution in [0.15, 0.2) is 11.1 Å². The highest BCUT2D eigenvalue weighted by atomic mass is 32.2. The first-order valence-electron chi connectivity index (χ1n) is 11.9. The number of hydrogen-bond donors (Lipinski definition) is 2. The Hall–Kier alpha value is 0.01000. The van der Waals surface area contributed by atoms with Crippen molar-refractivity contribution in [2.24, 2.45) is 23.7 Å². The lowest BCUT2D eigenvalue weighted by atomic mass is 9.67. The summed E-state index contributed by atoms with van der Waals surface area (Å²) in [5, 5.41) is 4.34. The Morgan fingerprint density at radius 2 is 1.85 bits per heavy atom. The van der Waals surface area contributed by atoms with Crippen LogP contribution >= 0.6 is 11.9 Å². The zero-order valence-corrected chi connectivity index (χ0v) is 19.2. The summed E-state index contributed by atoms with van der Waals surface area (Å²) in [5.41, 5.74) is 3.67. The van der Waals surface area contributed by atoms with Crippen molar-refractivity contribution in [2.75, 3.05) is 13.6 Å². The van der Waals surface area contributed by atoms with Crippen molar-refractivity contribution < 1.29 is 0 Å². The predicted molar refractivity (Wildman–Crippen MR) is 121 cm³/mol. The maximum atomic E-state index is 3.90. The topological polar surface area (TPSA) is 24.1 Å². The minimum atomic E-state index is 0.752. The van der Waals surface area contributed by atoms with Gasteiger partial charge in [-0.2, -0.15) is 0 Å². The third kappa shape index (κ3) is 5.54. The van der Waals surface area contributed by atoms with Gasteiger partial charge in [-0.15, -0.1) is 0 Å². The Bertz CT molecular complexity index is 489. The molecular formula is C24H44N2S. The van der Waals surface area contributed by atoms with Gasteiger partial charge in [-0.25, -0.2) is 0 Å². The number of nitrogens with one attached hydrogen (secondary N) is 2. The Morgan fingerprint density at radius 3 is 2.48 bits per heavy atom. The average molecular weight is 393 g/mol. The summed E-state index contributed by atoms with van der Waals surface area (Å²) in [6.07, 6.45) is 15.3. The molecule has 6 unspecified atom stereocenters. The molecule has 3 heteroatoms. The van der Waals surface area contributed by atoms with Crippen LogP contribution < -0.4 is 10.0 Å². The van der Waals surface area contributed by atoms with Crippen LogP contribution in [0.2, 0.25) is 0 Å². The monoisotopic (exact) mass is 392 g/mol. The molecule has 6 atom stereocenters. The van der Waals surface area contributed by atoms with Gasteiger partial charge in [0, 0.05) is 17.8 Å². The van der Waals surface area contributed by atoms with E-state index in [0.29, 0.717) is 0 Å². The molecule has 0 spiro atoms. The fourth-order valence-corrected chi connectivity index (χ4v) is 7.19. The van der Waals surface area contributed by atoms with Gasteiger partial charge >= 0.3 is 0 Å². The molecule has 2 fully saturated rings. The molecular weight excluding hydrogens is 348 g/mol. The van der Waals surface area contributed by atoms with Crippen LogP contribution in [-0.2, 0) is 0 Å². The first-order valence-corrected chi connectivity index (χ1v) is 12.8. The smallest absolute Gasteiger partial charge is 0.0218 e. The maximum Gasteiger partial charge on any atom is 0.0218 e.